The molecule has 0 unspecified atom stereocenters. The van der Waals surface area contributed by atoms with Gasteiger partial charge in [-0.05, 0) is 26.0 Å². The van der Waals surface area contributed by atoms with Crippen LogP contribution in [0.3, 0.4) is 0 Å². The fourth-order valence-electron chi connectivity index (χ4n) is 0.754. The Balaban J connectivity index is 4.45. The first-order valence-electron chi connectivity index (χ1n) is 3.40. The lowest BCUT2D eigenvalue weighted by atomic mass is 10.3. The molecule has 3 heteroatoms. The lowest BCUT2D eigenvalue weighted by molar-refractivity contribution is 0.145. The van der Waals surface area contributed by atoms with Crippen molar-refractivity contribution in [3.63, 3.8) is 0 Å². The average Bonchev–Trinajstić information content (AvgIpc) is 2.04. The number of hydrogen-bond acceptors (Lipinski definition) is 3. The van der Waals surface area contributed by atoms with Crippen LogP contribution in [0.25, 0.3) is 0 Å². The van der Waals surface area contributed by atoms with Gasteiger partial charge in [-0.15, -0.1) is 0 Å². The minimum atomic E-state index is -0.705. The Hall–Kier alpha value is -0.250. The van der Waals surface area contributed by atoms with Crippen molar-refractivity contribution in [2.75, 3.05) is 7.11 Å². The van der Waals surface area contributed by atoms with Crippen LogP contribution in [-0.2, 0) is 4.74 Å². The summed E-state index contributed by atoms with van der Waals surface area (Å²) in [6.45, 7) is 3.76. The zero-order valence-electron chi connectivity index (χ0n) is 7.07. The van der Waals surface area contributed by atoms with Crippen LogP contribution < -0.4 is 0 Å². The van der Waals surface area contributed by atoms with Crippen LogP contribution in [0.4, 0.5) is 0 Å². The van der Waals surface area contributed by atoms with Gasteiger partial charge >= 0.3 is 0 Å². The Labute approximate surface area is 72.2 Å². The summed E-state index contributed by atoms with van der Waals surface area (Å²) >= 11 is 0.671. The van der Waals surface area contributed by atoms with E-state index in [2.05, 4.69) is 0 Å². The van der Waals surface area contributed by atoms with E-state index >= 15 is 0 Å². The fraction of sp³-hybridized carbons (Fsp3) is 0.500. The summed E-state index contributed by atoms with van der Waals surface area (Å²) < 4.78 is 14.0. The quantitative estimate of drug-likeness (QED) is 0.403. The molecular weight excluding hydrogens is 160 g/mol. The molecule has 0 radical (unpaired) electrons. The Morgan fingerprint density at radius 3 is 1.91 bits per heavy atom. The molecule has 0 saturated heterocycles. The van der Waals surface area contributed by atoms with E-state index in [-0.39, 0.29) is 0 Å². The monoisotopic (exact) mass is 174 g/mol. The summed E-state index contributed by atoms with van der Waals surface area (Å²) in [5, 5.41) is 0. The first-order chi connectivity index (χ1) is 5.24. The topological polar surface area (TPSA) is 29.5 Å². The molecule has 0 bridgehead atoms. The highest BCUT2D eigenvalue weighted by atomic mass is 32.2. The highest BCUT2D eigenvalue weighted by Crippen LogP contribution is 2.26. The van der Waals surface area contributed by atoms with Crippen molar-refractivity contribution in [1.29, 1.82) is 0 Å². The molecule has 0 aromatic heterocycles. The van der Waals surface area contributed by atoms with Gasteiger partial charge in [0, 0.05) is 19.2 Å². The summed E-state index contributed by atoms with van der Waals surface area (Å²) in [7, 11) is 1.56. The van der Waals surface area contributed by atoms with Crippen LogP contribution in [0.5, 0.6) is 0 Å². The summed E-state index contributed by atoms with van der Waals surface area (Å²) in [6, 6.07) is 0. The number of methoxy groups -OCH3 is 1. The van der Waals surface area contributed by atoms with Crippen LogP contribution in [0.2, 0.25) is 0 Å². The van der Waals surface area contributed by atoms with Crippen molar-refractivity contribution < 1.29 is 9.29 Å². The highest BCUT2D eigenvalue weighted by Gasteiger charge is 2.22. The third-order valence-electron chi connectivity index (χ3n) is 1.26. The minimum Gasteiger partial charge on any atom is -0.358 e. The van der Waals surface area contributed by atoms with Crippen LogP contribution >= 0.6 is 12.0 Å². The van der Waals surface area contributed by atoms with E-state index in [1.165, 1.54) is 0 Å². The molecule has 0 aliphatic rings. The van der Waals surface area contributed by atoms with Crippen molar-refractivity contribution in [2.24, 2.45) is 0 Å². The number of ether oxygens (including phenoxy) is 1. The second kappa shape index (κ2) is 5.41. The van der Waals surface area contributed by atoms with E-state index < -0.39 is 4.93 Å². The predicted molar refractivity (Wildman–Crippen MR) is 49.6 cm³/mol. The number of allylic oxidation sites excluding steroid dienone is 2. The molecule has 11 heavy (non-hydrogen) atoms. The zero-order chi connectivity index (χ0) is 8.74. The molecule has 0 aliphatic heterocycles. The van der Waals surface area contributed by atoms with Crippen molar-refractivity contribution in [2.45, 2.75) is 18.8 Å². The normalized spacial score (nSPS) is 17.8. The van der Waals surface area contributed by atoms with Crippen LogP contribution in [0, 0.1) is 0 Å². The van der Waals surface area contributed by atoms with E-state index in [0.29, 0.717) is 12.0 Å². The first-order valence-corrected chi connectivity index (χ1v) is 4.17. The molecule has 0 spiro atoms. The van der Waals surface area contributed by atoms with E-state index in [1.54, 1.807) is 19.3 Å². The molecule has 0 aromatic carbocycles. The van der Waals surface area contributed by atoms with Crippen molar-refractivity contribution >= 4 is 12.0 Å². The SMILES string of the molecule is CC=CC(C=CC)(OC)SO. The van der Waals surface area contributed by atoms with Gasteiger partial charge in [-0.2, -0.15) is 0 Å². The second-order valence-electron chi connectivity index (χ2n) is 2.02. The van der Waals surface area contributed by atoms with Crippen molar-refractivity contribution in [3.8, 4) is 0 Å². The van der Waals surface area contributed by atoms with E-state index in [4.69, 9.17) is 9.29 Å². The molecule has 0 saturated carbocycles. The predicted octanol–water partition coefficient (Wildman–Crippen LogP) is 2.69. The number of hydrogen-bond donors (Lipinski definition) is 1. The largest absolute Gasteiger partial charge is 0.358 e. The highest BCUT2D eigenvalue weighted by molar-refractivity contribution is 7.95. The van der Waals surface area contributed by atoms with Gasteiger partial charge in [-0.3, -0.25) is 0 Å². The molecule has 0 aromatic rings. The number of rotatable bonds is 4. The molecule has 64 valence electrons. The fourth-order valence-corrected chi connectivity index (χ4v) is 1.22. The smallest absolute Gasteiger partial charge is 0.175 e. The molecule has 2 nitrogen and oxygen atoms in total. The van der Waals surface area contributed by atoms with Gasteiger partial charge in [0.25, 0.3) is 0 Å². The molecule has 0 rings (SSSR count). The lowest BCUT2D eigenvalue weighted by Gasteiger charge is -2.20. The summed E-state index contributed by atoms with van der Waals surface area (Å²) in [5.41, 5.74) is 0. The summed E-state index contributed by atoms with van der Waals surface area (Å²) in [4.78, 5) is -0.705. The Morgan fingerprint density at radius 2 is 1.73 bits per heavy atom. The van der Waals surface area contributed by atoms with Gasteiger partial charge in [0.15, 0.2) is 4.93 Å². The Kier molecular flexibility index (Phi) is 5.28. The third-order valence-corrected chi connectivity index (χ3v) is 1.98. The molecule has 1 N–H and O–H groups in total. The standard InChI is InChI=1S/C8H14O2S/c1-4-6-8(10-3,11-9)7-5-2/h4-7,9H,1-3H3. The van der Waals surface area contributed by atoms with Crippen LogP contribution in [0.15, 0.2) is 24.3 Å². The minimum absolute atomic E-state index is 0.671. The zero-order valence-corrected chi connectivity index (χ0v) is 7.89. The second-order valence-corrected chi connectivity index (χ2v) is 2.84. The van der Waals surface area contributed by atoms with E-state index in [9.17, 15) is 0 Å². The molecule has 0 amide bonds. The van der Waals surface area contributed by atoms with Crippen LogP contribution in [-0.4, -0.2) is 16.6 Å². The molecule has 0 heterocycles. The third kappa shape index (κ3) is 3.10. The average molecular weight is 174 g/mol. The molecule has 0 atom stereocenters. The Bertz CT molecular complexity index is 134. The molecular formula is C8H14O2S. The maximum atomic E-state index is 8.93. The first kappa shape index (κ1) is 10.8. The van der Waals surface area contributed by atoms with Gasteiger partial charge in [0.05, 0.1) is 0 Å². The van der Waals surface area contributed by atoms with Gasteiger partial charge in [-0.1, -0.05) is 12.2 Å². The van der Waals surface area contributed by atoms with E-state index in [0.717, 1.165) is 0 Å². The maximum absolute atomic E-state index is 8.93. The lowest BCUT2D eigenvalue weighted by Crippen LogP contribution is -2.20. The molecule has 0 fully saturated rings. The summed E-state index contributed by atoms with van der Waals surface area (Å²) in [5.74, 6) is 0. The van der Waals surface area contributed by atoms with Crippen LogP contribution in [0.1, 0.15) is 13.8 Å². The van der Waals surface area contributed by atoms with Gasteiger partial charge < -0.3 is 9.29 Å². The van der Waals surface area contributed by atoms with Gasteiger partial charge in [-0.25, -0.2) is 0 Å². The van der Waals surface area contributed by atoms with Crippen molar-refractivity contribution in [1.82, 2.24) is 0 Å². The van der Waals surface area contributed by atoms with Crippen molar-refractivity contribution in [3.05, 3.63) is 24.3 Å². The maximum Gasteiger partial charge on any atom is 0.175 e. The van der Waals surface area contributed by atoms with E-state index in [1.807, 2.05) is 26.0 Å². The summed E-state index contributed by atoms with van der Waals surface area (Å²) in [6.07, 6.45) is 7.26. The molecule has 0 aliphatic carbocycles. The van der Waals surface area contributed by atoms with Gasteiger partial charge in [0.1, 0.15) is 0 Å². The van der Waals surface area contributed by atoms with Gasteiger partial charge in [0.2, 0.25) is 0 Å². The Morgan fingerprint density at radius 1 is 1.27 bits per heavy atom.